The van der Waals surface area contributed by atoms with Gasteiger partial charge in [0.1, 0.15) is 12.2 Å². The number of halogens is 2. The van der Waals surface area contributed by atoms with Gasteiger partial charge in [0.25, 0.3) is 0 Å². The van der Waals surface area contributed by atoms with Crippen molar-refractivity contribution in [3.05, 3.63) is 69.2 Å². The van der Waals surface area contributed by atoms with E-state index in [-0.39, 0.29) is 18.0 Å². The Morgan fingerprint density at radius 2 is 1.64 bits per heavy atom. The highest BCUT2D eigenvalue weighted by Crippen LogP contribution is 2.29. The van der Waals surface area contributed by atoms with Gasteiger partial charge in [-0.05, 0) is 36.6 Å². The Kier molecular flexibility index (Phi) is 17.4. The molecule has 8 nitrogen and oxygen atoms in total. The van der Waals surface area contributed by atoms with Crippen LogP contribution in [0, 0.1) is 6.92 Å². The molecule has 1 N–H and O–H groups in total. The number of likely N-dealkylation sites (N-methyl/N-ethyl adjacent to an activating group) is 2. The Balaban J connectivity index is 0.000000491. The molecule has 42 heavy (non-hydrogen) atoms. The van der Waals surface area contributed by atoms with Crippen molar-refractivity contribution in [3.63, 3.8) is 0 Å². The van der Waals surface area contributed by atoms with Crippen molar-refractivity contribution in [1.29, 1.82) is 0 Å². The molecule has 2 aromatic rings. The molecule has 2 saturated heterocycles. The second-order valence-electron chi connectivity index (χ2n) is 9.77. The molecule has 234 valence electrons. The zero-order chi connectivity index (χ0) is 31.8. The fourth-order valence-electron chi connectivity index (χ4n) is 4.69. The summed E-state index contributed by atoms with van der Waals surface area (Å²) in [5, 5.41) is 7.67. The van der Waals surface area contributed by atoms with Gasteiger partial charge in [-0.1, -0.05) is 107 Å². The van der Waals surface area contributed by atoms with E-state index in [2.05, 4.69) is 12.2 Å². The van der Waals surface area contributed by atoms with E-state index >= 15 is 0 Å². The number of hydrogen-bond donors (Lipinski definition) is 1. The predicted molar refractivity (Wildman–Crippen MR) is 173 cm³/mol. The zero-order valence-corrected chi connectivity index (χ0v) is 28.0. The number of benzene rings is 2. The van der Waals surface area contributed by atoms with Crippen molar-refractivity contribution in [2.24, 2.45) is 0 Å². The molecule has 0 radical (unpaired) electrons. The number of amides is 3. The van der Waals surface area contributed by atoms with Crippen LogP contribution in [-0.4, -0.2) is 77.4 Å². The number of hydrazine groups is 1. The SMILES string of the molecule is CC.CC.CCCC[C@H]1C(=O)N(Cc2ccc(Cl)cc2Cl)CC2N1C(=O)CN(C)N2C.Cc1ccc(CNC=O)cc1. The van der Waals surface area contributed by atoms with E-state index in [0.717, 1.165) is 24.0 Å². The van der Waals surface area contributed by atoms with Crippen molar-refractivity contribution in [1.82, 2.24) is 25.1 Å². The van der Waals surface area contributed by atoms with E-state index < -0.39 is 6.04 Å². The fourth-order valence-corrected chi connectivity index (χ4v) is 5.16. The maximum Gasteiger partial charge on any atom is 0.245 e. The van der Waals surface area contributed by atoms with Gasteiger partial charge >= 0.3 is 0 Å². The second kappa shape index (κ2) is 19.5. The number of hydrogen-bond acceptors (Lipinski definition) is 5. The van der Waals surface area contributed by atoms with Gasteiger partial charge in [0, 0.05) is 37.2 Å². The van der Waals surface area contributed by atoms with Crippen molar-refractivity contribution in [3.8, 4) is 0 Å². The summed E-state index contributed by atoms with van der Waals surface area (Å²) in [5.74, 6) is 0.0104. The number of fused-ring (bicyclic) bond motifs is 1. The summed E-state index contributed by atoms with van der Waals surface area (Å²) in [6.45, 7) is 13.9. The lowest BCUT2D eigenvalue weighted by Gasteiger charge is -2.54. The highest BCUT2D eigenvalue weighted by Gasteiger charge is 2.47. The molecule has 0 aromatic heterocycles. The first-order valence-corrected chi connectivity index (χ1v) is 15.6. The molecule has 0 saturated carbocycles. The Morgan fingerprint density at radius 3 is 2.21 bits per heavy atom. The molecule has 2 atom stereocenters. The van der Waals surface area contributed by atoms with E-state index in [4.69, 9.17) is 23.2 Å². The number of piperazine rings is 1. The van der Waals surface area contributed by atoms with Crippen LogP contribution >= 0.6 is 23.2 Å². The van der Waals surface area contributed by atoms with Gasteiger partial charge in [-0.3, -0.25) is 14.4 Å². The van der Waals surface area contributed by atoms with Crippen LogP contribution in [0.15, 0.2) is 42.5 Å². The van der Waals surface area contributed by atoms with Gasteiger partial charge in [0.15, 0.2) is 0 Å². The molecule has 10 heteroatoms. The van der Waals surface area contributed by atoms with Crippen molar-refractivity contribution in [2.75, 3.05) is 27.2 Å². The number of carbonyl (C=O) groups excluding carboxylic acids is 3. The van der Waals surface area contributed by atoms with E-state index in [1.807, 2.05) is 94.0 Å². The Bertz CT molecular complexity index is 1120. The van der Waals surface area contributed by atoms with Crippen LogP contribution in [0.5, 0.6) is 0 Å². The maximum atomic E-state index is 13.2. The second-order valence-corrected chi connectivity index (χ2v) is 10.6. The van der Waals surface area contributed by atoms with Crippen molar-refractivity contribution >= 4 is 41.4 Å². The first-order chi connectivity index (χ1) is 20.2. The summed E-state index contributed by atoms with van der Waals surface area (Å²) in [6, 6.07) is 13.0. The van der Waals surface area contributed by atoms with Crippen molar-refractivity contribution in [2.45, 2.75) is 86.1 Å². The normalized spacial score (nSPS) is 18.4. The molecular formula is C32H49Cl2N5O3. The number of unbranched alkanes of at least 4 members (excludes halogenated alkanes) is 1. The van der Waals surface area contributed by atoms with Crippen LogP contribution in [0.4, 0.5) is 0 Å². The maximum absolute atomic E-state index is 13.2. The molecule has 4 rings (SSSR count). The monoisotopic (exact) mass is 621 g/mol. The van der Waals surface area contributed by atoms with Gasteiger partial charge in [-0.15, -0.1) is 0 Å². The Hall–Kier alpha value is -2.65. The quantitative estimate of drug-likeness (QED) is 0.359. The van der Waals surface area contributed by atoms with Gasteiger partial charge in [0.2, 0.25) is 18.2 Å². The molecule has 2 aliphatic heterocycles. The van der Waals surface area contributed by atoms with Crippen LogP contribution in [0.3, 0.4) is 0 Å². The van der Waals surface area contributed by atoms with E-state index in [1.165, 1.54) is 5.56 Å². The number of nitrogens with zero attached hydrogens (tertiary/aromatic N) is 4. The summed E-state index contributed by atoms with van der Waals surface area (Å²) in [7, 11) is 3.86. The minimum absolute atomic E-state index is 0.00276. The summed E-state index contributed by atoms with van der Waals surface area (Å²) in [4.78, 5) is 39.5. The summed E-state index contributed by atoms with van der Waals surface area (Å²) in [5.41, 5.74) is 3.22. The van der Waals surface area contributed by atoms with Crippen LogP contribution in [-0.2, 0) is 27.5 Å². The van der Waals surface area contributed by atoms with Crippen LogP contribution in [0.25, 0.3) is 0 Å². The van der Waals surface area contributed by atoms with Gasteiger partial charge in [-0.2, -0.15) is 0 Å². The highest BCUT2D eigenvalue weighted by atomic mass is 35.5. The summed E-state index contributed by atoms with van der Waals surface area (Å²) >= 11 is 12.3. The summed E-state index contributed by atoms with van der Waals surface area (Å²) < 4.78 is 0. The van der Waals surface area contributed by atoms with Crippen LogP contribution in [0.1, 0.15) is 70.6 Å². The number of aryl methyl sites for hydroxylation is 1. The minimum atomic E-state index is -0.418. The molecule has 1 unspecified atom stereocenters. The first-order valence-electron chi connectivity index (χ1n) is 14.9. The molecule has 0 spiro atoms. The molecule has 0 bridgehead atoms. The zero-order valence-electron chi connectivity index (χ0n) is 26.5. The Labute approximate surface area is 262 Å². The number of nitrogens with one attached hydrogen (secondary N) is 1. The molecule has 2 fully saturated rings. The lowest BCUT2D eigenvalue weighted by Crippen LogP contribution is -2.73. The van der Waals surface area contributed by atoms with Crippen molar-refractivity contribution < 1.29 is 14.4 Å². The van der Waals surface area contributed by atoms with Gasteiger partial charge in [-0.25, -0.2) is 10.0 Å². The van der Waals surface area contributed by atoms with Crippen LogP contribution in [0.2, 0.25) is 10.0 Å². The lowest BCUT2D eigenvalue weighted by atomic mass is 10.0. The Morgan fingerprint density at radius 1 is 1.00 bits per heavy atom. The van der Waals surface area contributed by atoms with Gasteiger partial charge in [0.05, 0.1) is 13.1 Å². The van der Waals surface area contributed by atoms with E-state index in [9.17, 15) is 14.4 Å². The lowest BCUT2D eigenvalue weighted by molar-refractivity contribution is -0.194. The smallest absolute Gasteiger partial charge is 0.245 e. The molecule has 0 aliphatic carbocycles. The molecular weight excluding hydrogens is 573 g/mol. The highest BCUT2D eigenvalue weighted by molar-refractivity contribution is 6.35. The third-order valence-electron chi connectivity index (χ3n) is 6.98. The van der Waals surface area contributed by atoms with E-state index in [1.54, 1.807) is 17.0 Å². The summed E-state index contributed by atoms with van der Waals surface area (Å²) in [6.07, 6.45) is 3.11. The fraction of sp³-hybridized carbons (Fsp3) is 0.531. The number of carbonyl (C=O) groups is 3. The van der Waals surface area contributed by atoms with Gasteiger partial charge < -0.3 is 15.1 Å². The third-order valence-corrected chi connectivity index (χ3v) is 7.56. The molecule has 2 aromatic carbocycles. The predicted octanol–water partition coefficient (Wildman–Crippen LogP) is 6.13. The average Bonchev–Trinajstić information content (AvgIpc) is 2.99. The minimum Gasteiger partial charge on any atom is -0.355 e. The number of rotatable bonds is 8. The van der Waals surface area contributed by atoms with E-state index in [0.29, 0.717) is 49.1 Å². The average molecular weight is 623 g/mol. The standard InChI is InChI=1S/C19H26Cl2N4O2.C9H11NO.2C2H6/c1-4-5-6-16-19(27)24(10-13-7-8-14(20)9-15(13)21)11-17-23(3)22(2)12-18(26)25(16)17;1-8-2-4-9(5-3-8)6-10-7-11;2*1-2/h7-9,16-17H,4-6,10-12H2,1-3H3;2-5,7H,6H2,1H3,(H,10,11);2*1-2H3/t16-,17?;;;/m0.../s1. The third kappa shape index (κ3) is 10.6. The molecule has 3 amide bonds. The molecule has 2 heterocycles. The largest absolute Gasteiger partial charge is 0.355 e. The van der Waals surface area contributed by atoms with Crippen LogP contribution < -0.4 is 5.32 Å². The first kappa shape index (κ1) is 37.4. The topological polar surface area (TPSA) is 76.2 Å². The molecule has 2 aliphatic rings.